The number of anilines is 1. The number of hydrogen-bond donors (Lipinski definition) is 2. The molecule has 51 heavy (non-hydrogen) atoms. The van der Waals surface area contributed by atoms with Gasteiger partial charge in [-0.05, 0) is 43.4 Å². The molecule has 12 heteroatoms. The molecule has 3 aliphatic rings. The number of alkyl halides is 1. The first kappa shape index (κ1) is 38.7. The molecule has 1 spiro atoms. The van der Waals surface area contributed by atoms with Gasteiger partial charge in [-0.25, -0.2) is 0 Å². The number of halogens is 2. The molecule has 0 radical (unpaired) electrons. The van der Waals surface area contributed by atoms with Gasteiger partial charge in [0.1, 0.15) is 17.7 Å². The van der Waals surface area contributed by atoms with Gasteiger partial charge in [0.25, 0.3) is 5.91 Å². The molecule has 3 amide bonds. The second-order valence-electron chi connectivity index (χ2n) is 13.7. The summed E-state index contributed by atoms with van der Waals surface area (Å²) in [6, 6.07) is 13.5. The Morgan fingerprint density at radius 1 is 1.16 bits per heavy atom. The van der Waals surface area contributed by atoms with Crippen LogP contribution in [-0.4, -0.2) is 81.5 Å². The van der Waals surface area contributed by atoms with Gasteiger partial charge in [-0.2, -0.15) is 0 Å². The number of benzene rings is 2. The summed E-state index contributed by atoms with van der Waals surface area (Å²) in [4.78, 5) is 59.7. The van der Waals surface area contributed by atoms with E-state index in [1.165, 1.54) is 9.80 Å². The minimum atomic E-state index is -1.41. The molecule has 0 aliphatic carbocycles. The normalized spacial score (nSPS) is 27.2. The van der Waals surface area contributed by atoms with Crippen molar-refractivity contribution >= 4 is 56.9 Å². The second-order valence-corrected chi connectivity index (χ2v) is 15.3. The number of allylic oxidation sites excluding steroid dienone is 1. The number of para-hydroxylation sites is 1. The first-order chi connectivity index (χ1) is 24.4. The summed E-state index contributed by atoms with van der Waals surface area (Å²) < 4.78 is 13.0. The minimum absolute atomic E-state index is 0.0940. The Morgan fingerprint density at radius 2 is 1.84 bits per heavy atom. The van der Waals surface area contributed by atoms with Crippen LogP contribution in [-0.2, 0) is 28.7 Å². The van der Waals surface area contributed by atoms with E-state index in [2.05, 4.69) is 34.4 Å². The van der Waals surface area contributed by atoms with Crippen LogP contribution in [0.3, 0.4) is 0 Å². The number of amides is 3. The number of rotatable bonds is 16. The van der Waals surface area contributed by atoms with E-state index in [9.17, 15) is 24.3 Å². The predicted molar refractivity (Wildman–Crippen MR) is 199 cm³/mol. The maximum Gasteiger partial charge on any atom is 0.313 e. The van der Waals surface area contributed by atoms with E-state index >= 15 is 0 Å². The number of likely N-dealkylation sites (tertiary alicyclic amines) is 1. The summed E-state index contributed by atoms with van der Waals surface area (Å²) in [5.74, 6) is -4.11. The Balaban J connectivity index is 1.56. The number of fused-ring (bicyclic) bond motifs is 1. The number of aliphatic hydroxyl groups excluding tert-OH is 1. The zero-order valence-electron chi connectivity index (χ0n) is 29.3. The lowest BCUT2D eigenvalue weighted by molar-refractivity contribution is -0.162. The molecule has 0 saturated carbocycles. The molecule has 1 unspecified atom stereocenters. The van der Waals surface area contributed by atoms with Crippen molar-refractivity contribution in [3.8, 4) is 0 Å². The van der Waals surface area contributed by atoms with Crippen molar-refractivity contribution in [3.63, 3.8) is 0 Å². The summed E-state index contributed by atoms with van der Waals surface area (Å²) in [6.07, 6.45) is 3.21. The SMILES string of the molecule is C=CCCC(=O)N[C@H](C)[C@@H](OC(=O)[C@H]1[C@@H]2O[C@@]3(CC2Br)[C@@H]1C(=O)N([C@@H](CO)[C@@H](C)CC)[C@@H]3C(=O)N(CC=C)c1ccccc1Cl)c1ccccc1. The van der Waals surface area contributed by atoms with Gasteiger partial charge in [0.2, 0.25) is 11.8 Å². The fourth-order valence-corrected chi connectivity index (χ4v) is 9.16. The smallest absolute Gasteiger partial charge is 0.313 e. The van der Waals surface area contributed by atoms with Gasteiger partial charge in [-0.3, -0.25) is 19.2 Å². The zero-order valence-corrected chi connectivity index (χ0v) is 31.6. The van der Waals surface area contributed by atoms with E-state index in [0.717, 1.165) is 0 Å². The van der Waals surface area contributed by atoms with Crippen LogP contribution in [0.5, 0.6) is 0 Å². The Hall–Kier alpha value is -3.51. The number of carbonyl (C=O) groups excluding carboxylic acids is 4. The summed E-state index contributed by atoms with van der Waals surface area (Å²) in [5, 5.41) is 14.0. The standard InChI is InChI=1S/C39H47BrClN3O7/c1-6-9-19-30(46)42-24(5)33(25-15-11-10-12-16-25)50-38(49)31-32-36(47)44(29(22-45)23(4)8-3)35(39(32)21-26(40)34(31)51-39)37(48)43(20-7-2)28-18-14-13-17-27(28)41/h6-7,10-18,23-24,26,29,31-35,45H,1-2,8-9,19-22H2,3-5H3,(H,42,46)/t23-,24+,26?,29-,31+,32-,33+,34+,35+,39-/m0/s1. The van der Waals surface area contributed by atoms with Crippen molar-refractivity contribution in [1.29, 1.82) is 0 Å². The molecule has 3 aliphatic heterocycles. The third-order valence-corrected chi connectivity index (χ3v) is 11.8. The fraction of sp³-hybridized carbons (Fsp3) is 0.487. The Bertz CT molecular complexity index is 1630. The predicted octanol–water partition coefficient (Wildman–Crippen LogP) is 5.77. The van der Waals surface area contributed by atoms with Gasteiger partial charge in [-0.15, -0.1) is 13.2 Å². The summed E-state index contributed by atoms with van der Waals surface area (Å²) >= 11 is 10.3. The highest BCUT2D eigenvalue weighted by molar-refractivity contribution is 9.09. The number of nitrogens with one attached hydrogen (secondary N) is 1. The molecule has 2 N–H and O–H groups in total. The number of aliphatic hydroxyl groups is 1. The number of hydrogen-bond acceptors (Lipinski definition) is 7. The van der Waals surface area contributed by atoms with E-state index < -0.39 is 72.2 Å². The van der Waals surface area contributed by atoms with E-state index in [1.54, 1.807) is 43.3 Å². The molecule has 2 aromatic carbocycles. The average Bonchev–Trinajstić information content (AvgIpc) is 3.72. The lowest BCUT2D eigenvalue weighted by atomic mass is 9.70. The van der Waals surface area contributed by atoms with Gasteiger partial charge in [0.15, 0.2) is 0 Å². The summed E-state index contributed by atoms with van der Waals surface area (Å²) in [7, 11) is 0. The van der Waals surface area contributed by atoms with Crippen LogP contribution in [0.4, 0.5) is 5.69 Å². The molecular formula is C39H47BrClN3O7. The second kappa shape index (κ2) is 16.4. The molecule has 2 aromatic rings. The topological polar surface area (TPSA) is 125 Å². The van der Waals surface area contributed by atoms with Gasteiger partial charge < -0.3 is 29.7 Å². The first-order valence-corrected chi connectivity index (χ1v) is 18.8. The molecule has 5 rings (SSSR count). The largest absolute Gasteiger partial charge is 0.455 e. The first-order valence-electron chi connectivity index (χ1n) is 17.5. The molecule has 0 aromatic heterocycles. The number of carbonyl (C=O) groups is 4. The number of ether oxygens (including phenoxy) is 2. The molecule has 2 bridgehead atoms. The van der Waals surface area contributed by atoms with Crippen LogP contribution in [0.2, 0.25) is 5.02 Å². The molecule has 10 atom stereocenters. The van der Waals surface area contributed by atoms with E-state index in [-0.39, 0.29) is 36.0 Å². The van der Waals surface area contributed by atoms with Crippen LogP contribution >= 0.6 is 27.5 Å². The Kier molecular flexibility index (Phi) is 12.5. The molecule has 10 nitrogen and oxygen atoms in total. The monoisotopic (exact) mass is 783 g/mol. The molecule has 274 valence electrons. The van der Waals surface area contributed by atoms with Crippen LogP contribution in [0.1, 0.15) is 58.1 Å². The van der Waals surface area contributed by atoms with Crippen LogP contribution < -0.4 is 10.2 Å². The van der Waals surface area contributed by atoms with E-state index in [4.69, 9.17) is 21.1 Å². The Morgan fingerprint density at radius 3 is 2.47 bits per heavy atom. The fourth-order valence-electron chi connectivity index (χ4n) is 7.98. The number of esters is 1. The highest BCUT2D eigenvalue weighted by atomic mass is 79.9. The molecule has 3 fully saturated rings. The van der Waals surface area contributed by atoms with Gasteiger partial charge in [0.05, 0.1) is 47.3 Å². The third-order valence-electron chi connectivity index (χ3n) is 10.6. The summed E-state index contributed by atoms with van der Waals surface area (Å²) in [6.45, 7) is 12.9. The van der Waals surface area contributed by atoms with Crippen molar-refractivity contribution < 1.29 is 33.8 Å². The van der Waals surface area contributed by atoms with Crippen molar-refractivity contribution in [1.82, 2.24) is 10.2 Å². The quantitative estimate of drug-likeness (QED) is 0.126. The lowest BCUT2D eigenvalue weighted by Gasteiger charge is -2.41. The Labute approximate surface area is 313 Å². The maximum atomic E-state index is 15.0. The lowest BCUT2D eigenvalue weighted by Crippen LogP contribution is -2.60. The van der Waals surface area contributed by atoms with Gasteiger partial charge >= 0.3 is 5.97 Å². The third kappa shape index (κ3) is 7.27. The highest BCUT2D eigenvalue weighted by Gasteiger charge is 2.78. The van der Waals surface area contributed by atoms with E-state index in [0.29, 0.717) is 29.1 Å². The van der Waals surface area contributed by atoms with Crippen LogP contribution in [0.25, 0.3) is 0 Å². The van der Waals surface area contributed by atoms with Crippen molar-refractivity contribution in [2.24, 2.45) is 17.8 Å². The van der Waals surface area contributed by atoms with Gasteiger partial charge in [0, 0.05) is 17.8 Å². The molecule has 3 heterocycles. The maximum absolute atomic E-state index is 15.0. The average molecular weight is 785 g/mol. The van der Waals surface area contributed by atoms with Crippen LogP contribution in [0.15, 0.2) is 79.9 Å². The van der Waals surface area contributed by atoms with E-state index in [1.807, 2.05) is 44.2 Å². The summed E-state index contributed by atoms with van der Waals surface area (Å²) in [5.41, 5.74) is -0.305. The zero-order chi connectivity index (χ0) is 37.0. The van der Waals surface area contributed by atoms with Crippen molar-refractivity contribution in [2.45, 2.75) is 87.2 Å². The molecular weight excluding hydrogens is 738 g/mol. The van der Waals surface area contributed by atoms with Crippen molar-refractivity contribution in [2.75, 3.05) is 18.1 Å². The van der Waals surface area contributed by atoms with Crippen molar-refractivity contribution in [3.05, 3.63) is 90.5 Å². The van der Waals surface area contributed by atoms with Gasteiger partial charge in [-0.1, -0.05) is 102 Å². The van der Waals surface area contributed by atoms with Crippen LogP contribution in [0, 0.1) is 17.8 Å². The minimum Gasteiger partial charge on any atom is -0.455 e. The highest BCUT2D eigenvalue weighted by Crippen LogP contribution is 2.61. The molecule has 3 saturated heterocycles. The number of nitrogens with zero attached hydrogens (tertiary/aromatic N) is 2.